The van der Waals surface area contributed by atoms with Crippen LogP contribution in [-0.2, 0) is 6.42 Å². The number of rotatable bonds is 3. The molecule has 0 aliphatic rings. The van der Waals surface area contributed by atoms with Crippen molar-refractivity contribution in [3.05, 3.63) is 42.4 Å². The van der Waals surface area contributed by atoms with Crippen molar-refractivity contribution in [2.24, 2.45) is 0 Å². The summed E-state index contributed by atoms with van der Waals surface area (Å²) in [5.74, 6) is 1.65. The number of imidazole rings is 1. The van der Waals surface area contributed by atoms with Crippen molar-refractivity contribution in [2.75, 3.05) is 0 Å². The lowest BCUT2D eigenvalue weighted by Gasteiger charge is -2.02. The molecule has 0 fully saturated rings. The number of aromatic amines is 1. The van der Waals surface area contributed by atoms with Gasteiger partial charge < -0.3 is 9.40 Å². The number of hydrogen-bond acceptors (Lipinski definition) is 2. The molecule has 0 saturated heterocycles. The third-order valence-electron chi connectivity index (χ3n) is 1.78. The van der Waals surface area contributed by atoms with Crippen LogP contribution in [0, 0.1) is 0 Å². The van der Waals surface area contributed by atoms with Gasteiger partial charge in [0.25, 0.3) is 0 Å². The molecular formula is C9H9ClN2O. The molecule has 0 spiro atoms. The van der Waals surface area contributed by atoms with Gasteiger partial charge in [0.15, 0.2) is 0 Å². The molecule has 2 aromatic rings. The van der Waals surface area contributed by atoms with Crippen LogP contribution in [-0.4, -0.2) is 9.97 Å². The molecule has 0 aliphatic carbocycles. The summed E-state index contributed by atoms with van der Waals surface area (Å²) in [5.41, 5.74) is 0. The van der Waals surface area contributed by atoms with Crippen LogP contribution in [0.3, 0.4) is 0 Å². The Labute approximate surface area is 80.7 Å². The van der Waals surface area contributed by atoms with Crippen LogP contribution in [0.25, 0.3) is 0 Å². The molecule has 1 atom stereocenters. The molecule has 2 aromatic heterocycles. The van der Waals surface area contributed by atoms with Crippen molar-refractivity contribution in [1.82, 2.24) is 9.97 Å². The van der Waals surface area contributed by atoms with Gasteiger partial charge in [-0.1, -0.05) is 0 Å². The number of halogens is 1. The maximum absolute atomic E-state index is 6.09. The third kappa shape index (κ3) is 1.92. The van der Waals surface area contributed by atoms with Crippen molar-refractivity contribution in [3.8, 4) is 0 Å². The average Bonchev–Trinajstić information content (AvgIpc) is 2.74. The molecule has 0 amide bonds. The highest BCUT2D eigenvalue weighted by Crippen LogP contribution is 2.23. The summed E-state index contributed by atoms with van der Waals surface area (Å²) in [6.07, 6.45) is 5.76. The molecular weight excluding hydrogens is 188 g/mol. The summed E-state index contributed by atoms with van der Waals surface area (Å²) >= 11 is 6.09. The molecule has 0 saturated carbocycles. The molecule has 1 unspecified atom stereocenters. The normalized spacial score (nSPS) is 13.0. The Hall–Kier alpha value is -1.22. The monoisotopic (exact) mass is 196 g/mol. The number of nitrogens with one attached hydrogen (secondary N) is 1. The van der Waals surface area contributed by atoms with Crippen LogP contribution in [0.4, 0.5) is 0 Å². The van der Waals surface area contributed by atoms with E-state index < -0.39 is 0 Å². The molecule has 2 rings (SSSR count). The molecule has 3 nitrogen and oxygen atoms in total. The third-order valence-corrected chi connectivity index (χ3v) is 2.15. The Balaban J connectivity index is 2.04. The second kappa shape index (κ2) is 3.66. The molecule has 4 heteroatoms. The van der Waals surface area contributed by atoms with E-state index >= 15 is 0 Å². The Morgan fingerprint density at radius 3 is 3.15 bits per heavy atom. The molecule has 0 aliphatic heterocycles. The largest absolute Gasteiger partial charge is 0.468 e. The maximum atomic E-state index is 6.09. The molecule has 0 radical (unpaired) electrons. The van der Waals surface area contributed by atoms with E-state index in [0.717, 1.165) is 11.6 Å². The van der Waals surface area contributed by atoms with Gasteiger partial charge >= 0.3 is 0 Å². The summed E-state index contributed by atoms with van der Waals surface area (Å²) in [4.78, 5) is 7.08. The topological polar surface area (TPSA) is 41.8 Å². The molecule has 0 bridgehead atoms. The Morgan fingerprint density at radius 2 is 2.54 bits per heavy atom. The quantitative estimate of drug-likeness (QED) is 0.767. The predicted molar refractivity (Wildman–Crippen MR) is 49.6 cm³/mol. The Bertz CT molecular complexity index is 342. The zero-order chi connectivity index (χ0) is 9.10. The molecule has 2 heterocycles. The molecule has 1 N–H and O–H groups in total. The standard InChI is InChI=1S/C9H9ClN2O/c10-7(8-2-1-5-13-8)6-9-11-3-4-12-9/h1-5,7H,6H2,(H,11,12). The highest BCUT2D eigenvalue weighted by atomic mass is 35.5. The second-order valence-electron chi connectivity index (χ2n) is 2.72. The predicted octanol–water partition coefficient (Wildman–Crippen LogP) is 2.53. The van der Waals surface area contributed by atoms with Gasteiger partial charge in [-0.05, 0) is 12.1 Å². The van der Waals surface area contributed by atoms with Gasteiger partial charge in [0.05, 0.1) is 11.6 Å². The smallest absolute Gasteiger partial charge is 0.122 e. The lowest BCUT2D eigenvalue weighted by molar-refractivity contribution is 0.500. The van der Waals surface area contributed by atoms with E-state index in [-0.39, 0.29) is 5.38 Å². The minimum Gasteiger partial charge on any atom is -0.468 e. The van der Waals surface area contributed by atoms with Crippen LogP contribution < -0.4 is 0 Å². The fraction of sp³-hybridized carbons (Fsp3) is 0.222. The molecule has 0 aromatic carbocycles. The van der Waals surface area contributed by atoms with E-state index in [1.165, 1.54) is 0 Å². The van der Waals surface area contributed by atoms with Crippen LogP contribution in [0.15, 0.2) is 35.2 Å². The van der Waals surface area contributed by atoms with Gasteiger partial charge in [-0.2, -0.15) is 0 Å². The van der Waals surface area contributed by atoms with Crippen LogP contribution in [0.1, 0.15) is 17.0 Å². The van der Waals surface area contributed by atoms with E-state index in [4.69, 9.17) is 16.0 Å². The summed E-state index contributed by atoms with van der Waals surface area (Å²) in [6.45, 7) is 0. The number of nitrogens with zero attached hydrogens (tertiary/aromatic N) is 1. The van der Waals surface area contributed by atoms with Gasteiger partial charge in [0, 0.05) is 18.8 Å². The van der Waals surface area contributed by atoms with Crippen molar-refractivity contribution in [3.63, 3.8) is 0 Å². The van der Waals surface area contributed by atoms with Crippen LogP contribution in [0.5, 0.6) is 0 Å². The minimum atomic E-state index is -0.152. The number of hydrogen-bond donors (Lipinski definition) is 1. The highest BCUT2D eigenvalue weighted by molar-refractivity contribution is 6.20. The zero-order valence-corrected chi connectivity index (χ0v) is 7.66. The van der Waals surface area contributed by atoms with Gasteiger partial charge in [0.1, 0.15) is 11.6 Å². The second-order valence-corrected chi connectivity index (χ2v) is 3.25. The van der Waals surface area contributed by atoms with Gasteiger partial charge in [-0.15, -0.1) is 11.6 Å². The lowest BCUT2D eigenvalue weighted by Crippen LogP contribution is -1.95. The zero-order valence-electron chi connectivity index (χ0n) is 6.90. The van der Waals surface area contributed by atoms with Crippen molar-refractivity contribution >= 4 is 11.6 Å². The first-order chi connectivity index (χ1) is 6.36. The van der Waals surface area contributed by atoms with Gasteiger partial charge in [-0.3, -0.25) is 0 Å². The number of furan rings is 1. The van der Waals surface area contributed by atoms with E-state index in [1.54, 1.807) is 18.7 Å². The maximum Gasteiger partial charge on any atom is 0.122 e. The van der Waals surface area contributed by atoms with Crippen molar-refractivity contribution in [2.45, 2.75) is 11.8 Å². The van der Waals surface area contributed by atoms with E-state index in [2.05, 4.69) is 9.97 Å². The van der Waals surface area contributed by atoms with E-state index in [9.17, 15) is 0 Å². The molecule has 68 valence electrons. The van der Waals surface area contributed by atoms with Crippen molar-refractivity contribution in [1.29, 1.82) is 0 Å². The minimum absolute atomic E-state index is 0.152. The Kier molecular flexibility index (Phi) is 2.36. The summed E-state index contributed by atoms with van der Waals surface area (Å²) in [7, 11) is 0. The van der Waals surface area contributed by atoms with Crippen LogP contribution >= 0.6 is 11.6 Å². The lowest BCUT2D eigenvalue weighted by atomic mass is 10.2. The number of H-pyrrole nitrogens is 1. The fourth-order valence-electron chi connectivity index (χ4n) is 1.15. The van der Waals surface area contributed by atoms with Crippen LogP contribution in [0.2, 0.25) is 0 Å². The van der Waals surface area contributed by atoms with Gasteiger partial charge in [0.2, 0.25) is 0 Å². The number of alkyl halides is 1. The highest BCUT2D eigenvalue weighted by Gasteiger charge is 2.12. The number of aromatic nitrogens is 2. The van der Waals surface area contributed by atoms with E-state index in [0.29, 0.717) is 6.42 Å². The SMILES string of the molecule is ClC(Cc1ncc[nH]1)c1ccco1. The molecule has 13 heavy (non-hydrogen) atoms. The first kappa shape index (κ1) is 8.38. The average molecular weight is 197 g/mol. The van der Waals surface area contributed by atoms with E-state index in [1.807, 2.05) is 12.1 Å². The summed E-state index contributed by atoms with van der Waals surface area (Å²) < 4.78 is 5.17. The first-order valence-corrected chi connectivity index (χ1v) is 4.45. The summed E-state index contributed by atoms with van der Waals surface area (Å²) in [6, 6.07) is 3.69. The summed E-state index contributed by atoms with van der Waals surface area (Å²) in [5, 5.41) is -0.152. The Morgan fingerprint density at radius 1 is 1.62 bits per heavy atom. The van der Waals surface area contributed by atoms with Gasteiger partial charge in [-0.25, -0.2) is 4.98 Å². The first-order valence-electron chi connectivity index (χ1n) is 4.02. The fourth-order valence-corrected chi connectivity index (χ4v) is 1.42. The van der Waals surface area contributed by atoms with Crippen molar-refractivity contribution < 1.29 is 4.42 Å².